The molecule has 2 heterocycles. The molecule has 1 saturated heterocycles. The quantitative estimate of drug-likeness (QED) is 0.675. The molecule has 1 unspecified atom stereocenters. The smallest absolute Gasteiger partial charge is 0.177 e. The summed E-state index contributed by atoms with van der Waals surface area (Å²) < 4.78 is 8.20. The summed E-state index contributed by atoms with van der Waals surface area (Å²) in [5.74, 6) is 0. The molecular formula is C8H12N2OS. The van der Waals surface area contributed by atoms with Gasteiger partial charge in [-0.1, -0.05) is 0 Å². The summed E-state index contributed by atoms with van der Waals surface area (Å²) in [6, 6.07) is 0.447. The summed E-state index contributed by atoms with van der Waals surface area (Å²) in [4.78, 5) is 3.11. The van der Waals surface area contributed by atoms with Crippen molar-refractivity contribution >= 4 is 12.2 Å². The Morgan fingerprint density at radius 3 is 3.08 bits per heavy atom. The third-order valence-electron chi connectivity index (χ3n) is 2.17. The minimum Gasteiger partial charge on any atom is -0.379 e. The van der Waals surface area contributed by atoms with Gasteiger partial charge in [0.2, 0.25) is 0 Å². The van der Waals surface area contributed by atoms with Crippen LogP contribution < -0.4 is 0 Å². The molecule has 0 radical (unpaired) electrons. The first kappa shape index (κ1) is 8.01. The van der Waals surface area contributed by atoms with E-state index in [2.05, 4.69) is 15.7 Å². The van der Waals surface area contributed by atoms with Gasteiger partial charge in [-0.15, -0.1) is 0 Å². The SMILES string of the molecule is Cc1cn(C2CCOC2)c(=S)[nH]1. The number of ether oxygens (including phenoxy) is 1. The fourth-order valence-corrected chi connectivity index (χ4v) is 1.91. The summed E-state index contributed by atoms with van der Waals surface area (Å²) in [5, 5.41) is 0. The van der Waals surface area contributed by atoms with E-state index in [0.717, 1.165) is 30.1 Å². The molecule has 1 aliphatic heterocycles. The minimum absolute atomic E-state index is 0.447. The van der Waals surface area contributed by atoms with Gasteiger partial charge in [0.25, 0.3) is 0 Å². The van der Waals surface area contributed by atoms with E-state index < -0.39 is 0 Å². The molecule has 66 valence electrons. The number of aromatic nitrogens is 2. The van der Waals surface area contributed by atoms with E-state index in [1.165, 1.54) is 0 Å². The van der Waals surface area contributed by atoms with Crippen LogP contribution in [0.1, 0.15) is 18.2 Å². The largest absolute Gasteiger partial charge is 0.379 e. The highest BCUT2D eigenvalue weighted by atomic mass is 32.1. The van der Waals surface area contributed by atoms with E-state index in [1.54, 1.807) is 0 Å². The number of nitrogens with one attached hydrogen (secondary N) is 1. The highest BCUT2D eigenvalue weighted by molar-refractivity contribution is 7.71. The molecule has 0 spiro atoms. The number of aromatic amines is 1. The van der Waals surface area contributed by atoms with Crippen LogP contribution in [-0.4, -0.2) is 22.8 Å². The van der Waals surface area contributed by atoms with E-state index in [-0.39, 0.29) is 0 Å². The zero-order valence-corrected chi connectivity index (χ0v) is 7.86. The molecule has 1 aromatic heterocycles. The number of hydrogen-bond acceptors (Lipinski definition) is 2. The fraction of sp³-hybridized carbons (Fsp3) is 0.625. The maximum absolute atomic E-state index is 5.29. The maximum Gasteiger partial charge on any atom is 0.177 e. The summed E-state index contributed by atoms with van der Waals surface area (Å²) in [6.45, 7) is 3.67. The molecule has 0 aromatic carbocycles. The molecule has 2 rings (SSSR count). The van der Waals surface area contributed by atoms with E-state index in [4.69, 9.17) is 17.0 Å². The predicted molar refractivity (Wildman–Crippen MR) is 48.8 cm³/mol. The van der Waals surface area contributed by atoms with Crippen LogP contribution in [0.2, 0.25) is 0 Å². The van der Waals surface area contributed by atoms with Crippen molar-refractivity contribution in [2.75, 3.05) is 13.2 Å². The average molecular weight is 184 g/mol. The van der Waals surface area contributed by atoms with E-state index in [1.807, 2.05) is 6.92 Å². The molecule has 0 aliphatic carbocycles. The first-order chi connectivity index (χ1) is 5.77. The lowest BCUT2D eigenvalue weighted by Crippen LogP contribution is -2.07. The van der Waals surface area contributed by atoms with Crippen molar-refractivity contribution in [3.05, 3.63) is 16.7 Å². The normalized spacial score (nSPS) is 23.2. The molecule has 1 fully saturated rings. The number of imidazole rings is 1. The fourth-order valence-electron chi connectivity index (χ4n) is 1.55. The average Bonchev–Trinajstić information content (AvgIpc) is 2.58. The molecule has 1 aliphatic rings. The van der Waals surface area contributed by atoms with Crippen molar-refractivity contribution in [1.82, 2.24) is 9.55 Å². The predicted octanol–water partition coefficient (Wildman–Crippen LogP) is 1.82. The Bertz CT molecular complexity index is 322. The van der Waals surface area contributed by atoms with Crippen molar-refractivity contribution in [2.24, 2.45) is 0 Å². The summed E-state index contributed by atoms with van der Waals surface area (Å²) >= 11 is 5.16. The van der Waals surface area contributed by atoms with Gasteiger partial charge in [0.15, 0.2) is 4.77 Å². The summed E-state index contributed by atoms with van der Waals surface area (Å²) in [6.07, 6.45) is 3.13. The van der Waals surface area contributed by atoms with Crippen molar-refractivity contribution in [2.45, 2.75) is 19.4 Å². The lowest BCUT2D eigenvalue weighted by molar-refractivity contribution is 0.186. The van der Waals surface area contributed by atoms with Crippen molar-refractivity contribution < 1.29 is 4.74 Å². The third-order valence-corrected chi connectivity index (χ3v) is 2.48. The summed E-state index contributed by atoms with van der Waals surface area (Å²) in [5.41, 5.74) is 1.12. The minimum atomic E-state index is 0.447. The second-order valence-corrected chi connectivity index (χ2v) is 3.55. The zero-order valence-electron chi connectivity index (χ0n) is 7.04. The zero-order chi connectivity index (χ0) is 8.55. The van der Waals surface area contributed by atoms with Crippen LogP contribution in [0, 0.1) is 11.7 Å². The number of rotatable bonds is 1. The molecule has 1 aromatic rings. The highest BCUT2D eigenvalue weighted by Crippen LogP contribution is 2.19. The Kier molecular flexibility index (Phi) is 2.02. The van der Waals surface area contributed by atoms with Gasteiger partial charge < -0.3 is 14.3 Å². The second-order valence-electron chi connectivity index (χ2n) is 3.17. The topological polar surface area (TPSA) is 29.9 Å². The second kappa shape index (κ2) is 3.03. The molecule has 0 amide bonds. The molecule has 4 heteroatoms. The molecule has 1 N–H and O–H groups in total. The van der Waals surface area contributed by atoms with Crippen LogP contribution in [0.25, 0.3) is 0 Å². The lowest BCUT2D eigenvalue weighted by atomic mass is 10.3. The van der Waals surface area contributed by atoms with Crippen molar-refractivity contribution in [1.29, 1.82) is 0 Å². The lowest BCUT2D eigenvalue weighted by Gasteiger charge is -2.07. The Hall–Kier alpha value is -0.610. The monoisotopic (exact) mass is 184 g/mol. The maximum atomic E-state index is 5.29. The van der Waals surface area contributed by atoms with Gasteiger partial charge in [-0.3, -0.25) is 0 Å². The van der Waals surface area contributed by atoms with E-state index in [0.29, 0.717) is 6.04 Å². The third kappa shape index (κ3) is 1.32. The van der Waals surface area contributed by atoms with Gasteiger partial charge in [-0.2, -0.15) is 0 Å². The molecule has 0 bridgehead atoms. The van der Waals surface area contributed by atoms with Gasteiger partial charge in [0, 0.05) is 18.5 Å². The molecular weight excluding hydrogens is 172 g/mol. The van der Waals surface area contributed by atoms with Crippen molar-refractivity contribution in [3.8, 4) is 0 Å². The Morgan fingerprint density at radius 2 is 2.58 bits per heavy atom. The van der Waals surface area contributed by atoms with Crippen LogP contribution >= 0.6 is 12.2 Å². The van der Waals surface area contributed by atoms with Crippen LogP contribution in [0.3, 0.4) is 0 Å². The highest BCUT2D eigenvalue weighted by Gasteiger charge is 2.17. The van der Waals surface area contributed by atoms with Gasteiger partial charge in [-0.05, 0) is 25.6 Å². The molecule has 0 saturated carbocycles. The van der Waals surface area contributed by atoms with Gasteiger partial charge >= 0.3 is 0 Å². The van der Waals surface area contributed by atoms with E-state index >= 15 is 0 Å². The van der Waals surface area contributed by atoms with E-state index in [9.17, 15) is 0 Å². The van der Waals surface area contributed by atoms with Gasteiger partial charge in [0.05, 0.1) is 12.6 Å². The first-order valence-electron chi connectivity index (χ1n) is 4.13. The van der Waals surface area contributed by atoms with Crippen LogP contribution in [0.5, 0.6) is 0 Å². The van der Waals surface area contributed by atoms with Crippen LogP contribution in [-0.2, 0) is 4.74 Å². The number of aryl methyl sites for hydroxylation is 1. The standard InChI is InChI=1S/C8H12N2OS/c1-6-4-10(8(12)9-6)7-2-3-11-5-7/h4,7H,2-3,5H2,1H3,(H,9,12). The Balaban J connectivity index is 2.32. The number of hydrogen-bond donors (Lipinski definition) is 1. The Labute approximate surface area is 76.4 Å². The van der Waals surface area contributed by atoms with Crippen LogP contribution in [0.15, 0.2) is 6.20 Å². The first-order valence-corrected chi connectivity index (χ1v) is 4.53. The number of nitrogens with zero attached hydrogens (tertiary/aromatic N) is 1. The number of H-pyrrole nitrogens is 1. The molecule has 1 atom stereocenters. The summed E-state index contributed by atoms with van der Waals surface area (Å²) in [7, 11) is 0. The van der Waals surface area contributed by atoms with Gasteiger partial charge in [-0.25, -0.2) is 0 Å². The van der Waals surface area contributed by atoms with Crippen molar-refractivity contribution in [3.63, 3.8) is 0 Å². The van der Waals surface area contributed by atoms with Crippen LogP contribution in [0.4, 0.5) is 0 Å². The Morgan fingerprint density at radius 1 is 1.75 bits per heavy atom. The van der Waals surface area contributed by atoms with Gasteiger partial charge in [0.1, 0.15) is 0 Å². The molecule has 12 heavy (non-hydrogen) atoms. The molecule has 3 nitrogen and oxygen atoms in total.